The highest BCUT2D eigenvalue weighted by Crippen LogP contribution is 2.65. The number of fused-ring (bicyclic) bond motifs is 5. The first kappa shape index (κ1) is 21.0. The van der Waals surface area contributed by atoms with Crippen molar-refractivity contribution in [3.8, 4) is 0 Å². The van der Waals surface area contributed by atoms with Gasteiger partial charge in [-0.3, -0.25) is 9.59 Å². The van der Waals surface area contributed by atoms with Crippen LogP contribution < -0.4 is 0 Å². The van der Waals surface area contributed by atoms with Crippen LogP contribution >= 0.6 is 0 Å². The Morgan fingerprint density at radius 1 is 1.28 bits per heavy atom. The summed E-state index contributed by atoms with van der Waals surface area (Å²) in [5.74, 6) is 1.84. The van der Waals surface area contributed by atoms with Gasteiger partial charge in [-0.1, -0.05) is 38.5 Å². The number of carbonyl (C=O) groups is 2. The average Bonchev–Trinajstić information content (AvgIpc) is 2.96. The normalized spacial score (nSPS) is 41.2. The van der Waals surface area contributed by atoms with Gasteiger partial charge in [-0.25, -0.2) is 0 Å². The van der Waals surface area contributed by atoms with Gasteiger partial charge in [0.15, 0.2) is 19.9 Å². The molecule has 0 radical (unpaired) electrons. The number of hydrogen-bond acceptors (Lipinski definition) is 3. The lowest BCUT2D eigenvalue weighted by Crippen LogP contribution is -2.58. The summed E-state index contributed by atoms with van der Waals surface area (Å²) in [6.07, 6.45) is 12.8. The minimum absolute atomic E-state index is 0.0790. The van der Waals surface area contributed by atoms with E-state index in [1.807, 2.05) is 13.0 Å². The second kappa shape index (κ2) is 6.88. The van der Waals surface area contributed by atoms with Crippen molar-refractivity contribution in [1.82, 2.24) is 0 Å². The number of hydrogen-bond donors (Lipinski definition) is 0. The third-order valence-corrected chi connectivity index (χ3v) is 9.19. The average molecular weight is 413 g/mol. The van der Waals surface area contributed by atoms with E-state index in [4.69, 9.17) is 4.43 Å². The first-order valence-electron chi connectivity index (χ1n) is 11.4. The van der Waals surface area contributed by atoms with Gasteiger partial charge < -0.3 is 4.43 Å². The second-order valence-electron chi connectivity index (χ2n) is 11.0. The van der Waals surface area contributed by atoms with E-state index in [1.165, 1.54) is 5.57 Å². The van der Waals surface area contributed by atoms with E-state index in [9.17, 15) is 9.59 Å². The third kappa shape index (κ3) is 3.27. The van der Waals surface area contributed by atoms with Gasteiger partial charge in [-0.2, -0.15) is 0 Å². The summed E-state index contributed by atoms with van der Waals surface area (Å²) >= 11 is 0. The van der Waals surface area contributed by atoms with Crippen LogP contribution in [0.1, 0.15) is 52.9 Å². The highest BCUT2D eigenvalue weighted by molar-refractivity contribution is 6.69. The summed E-state index contributed by atoms with van der Waals surface area (Å²) in [5, 5.41) is 0. The summed E-state index contributed by atoms with van der Waals surface area (Å²) in [6, 6.07) is 0. The third-order valence-electron chi connectivity index (χ3n) is 8.18. The number of allylic oxidation sites excluding steroid dienone is 6. The first-order valence-corrected chi connectivity index (χ1v) is 14.8. The van der Waals surface area contributed by atoms with Crippen molar-refractivity contribution in [2.24, 2.45) is 28.6 Å². The van der Waals surface area contributed by atoms with Crippen LogP contribution in [-0.2, 0) is 14.0 Å². The zero-order valence-electron chi connectivity index (χ0n) is 18.9. The van der Waals surface area contributed by atoms with Crippen LogP contribution in [0.5, 0.6) is 0 Å². The van der Waals surface area contributed by atoms with Crippen LogP contribution in [0, 0.1) is 28.6 Å². The van der Waals surface area contributed by atoms with Crippen LogP contribution in [0.25, 0.3) is 0 Å². The molecular weight excluding hydrogens is 376 g/mol. The van der Waals surface area contributed by atoms with E-state index in [2.05, 4.69) is 45.6 Å². The molecule has 0 heterocycles. The maximum Gasteiger partial charge on any atom is 0.184 e. The lowest BCUT2D eigenvalue weighted by molar-refractivity contribution is -0.121. The second-order valence-corrected chi connectivity index (χ2v) is 15.5. The Morgan fingerprint density at radius 3 is 2.66 bits per heavy atom. The van der Waals surface area contributed by atoms with E-state index in [0.717, 1.165) is 31.3 Å². The van der Waals surface area contributed by atoms with E-state index >= 15 is 0 Å². The molecule has 29 heavy (non-hydrogen) atoms. The molecule has 0 amide bonds. The highest BCUT2D eigenvalue weighted by atomic mass is 28.4. The molecule has 4 heteroatoms. The van der Waals surface area contributed by atoms with Gasteiger partial charge in [0.25, 0.3) is 0 Å². The molecule has 0 unspecified atom stereocenters. The number of rotatable bonds is 4. The fourth-order valence-corrected chi connectivity index (χ4v) is 8.19. The molecule has 3 nitrogen and oxygen atoms in total. The zero-order chi connectivity index (χ0) is 21.2. The van der Waals surface area contributed by atoms with Crippen molar-refractivity contribution in [3.63, 3.8) is 0 Å². The maximum atomic E-state index is 12.8. The Kier molecular flexibility index (Phi) is 4.98. The van der Waals surface area contributed by atoms with Crippen molar-refractivity contribution in [3.05, 3.63) is 35.5 Å². The van der Waals surface area contributed by atoms with E-state index < -0.39 is 8.32 Å². The van der Waals surface area contributed by atoms with E-state index in [0.29, 0.717) is 30.0 Å². The van der Waals surface area contributed by atoms with Crippen molar-refractivity contribution in [2.75, 3.05) is 0 Å². The highest BCUT2D eigenvalue weighted by Gasteiger charge is 2.61. The Bertz CT molecular complexity index is 829. The smallest absolute Gasteiger partial charge is 0.184 e. The standard InChI is InChI=1S/C25H36O3Si/c1-7-21(27)20-11-10-19-18-9-8-16-14-17(26)12-13-24(16,2)23(18)22(15-25(19,20)3)28-29(4,5)6/h11-14,18-19,22-23H,7-10,15H2,1-6H3/t18-,19-,22-,23+,24-,25-/m0/s1. The number of ketones is 2. The predicted octanol–water partition coefficient (Wildman–Crippen LogP) is 5.64. The molecule has 0 bridgehead atoms. The van der Waals surface area contributed by atoms with Crippen molar-refractivity contribution in [2.45, 2.75) is 78.6 Å². The molecule has 4 aliphatic carbocycles. The lowest BCUT2D eigenvalue weighted by Gasteiger charge is -2.60. The number of Topliss-reactive ketones (excluding diaryl/α,β-unsaturated/α-hetero) is 1. The molecule has 0 N–H and O–H groups in total. The quantitative estimate of drug-likeness (QED) is 0.561. The Labute approximate surface area is 176 Å². The maximum absolute atomic E-state index is 12.8. The minimum Gasteiger partial charge on any atom is -0.414 e. The van der Waals surface area contributed by atoms with Crippen LogP contribution in [-0.4, -0.2) is 26.0 Å². The van der Waals surface area contributed by atoms with E-state index in [-0.39, 0.29) is 22.7 Å². The molecule has 4 rings (SSSR count). The molecule has 0 aliphatic heterocycles. The SMILES string of the molecule is CCC(=O)C1=CC[C@H]2[C@@H]3CCC4=CC(=O)C=C[C@]4(C)[C@H]3[C@@H](O[Si](C)(C)C)C[C@]12C. The van der Waals surface area contributed by atoms with Gasteiger partial charge in [0.1, 0.15) is 0 Å². The molecule has 0 spiro atoms. The largest absolute Gasteiger partial charge is 0.414 e. The molecule has 4 aliphatic rings. The zero-order valence-corrected chi connectivity index (χ0v) is 19.9. The van der Waals surface area contributed by atoms with Crippen LogP contribution in [0.3, 0.4) is 0 Å². The van der Waals surface area contributed by atoms with Crippen molar-refractivity contribution < 1.29 is 14.0 Å². The summed E-state index contributed by atoms with van der Waals surface area (Å²) in [5.41, 5.74) is 2.16. The molecule has 0 aromatic carbocycles. The predicted molar refractivity (Wildman–Crippen MR) is 119 cm³/mol. The van der Waals surface area contributed by atoms with Crippen LogP contribution in [0.15, 0.2) is 35.5 Å². The molecule has 2 saturated carbocycles. The summed E-state index contributed by atoms with van der Waals surface area (Å²) < 4.78 is 6.88. The van der Waals surface area contributed by atoms with Gasteiger partial charge in [-0.05, 0) is 80.8 Å². The van der Waals surface area contributed by atoms with Gasteiger partial charge >= 0.3 is 0 Å². The Balaban J connectivity index is 1.78. The van der Waals surface area contributed by atoms with Gasteiger partial charge in [0.2, 0.25) is 0 Å². The fourth-order valence-electron chi connectivity index (χ4n) is 7.05. The van der Waals surface area contributed by atoms with Gasteiger partial charge in [0.05, 0.1) is 6.10 Å². The van der Waals surface area contributed by atoms with Crippen LogP contribution in [0.4, 0.5) is 0 Å². The molecule has 6 atom stereocenters. The molecule has 158 valence electrons. The van der Waals surface area contributed by atoms with Crippen LogP contribution in [0.2, 0.25) is 19.6 Å². The lowest BCUT2D eigenvalue weighted by atomic mass is 9.47. The molecule has 0 saturated heterocycles. The summed E-state index contributed by atoms with van der Waals surface area (Å²) in [4.78, 5) is 24.9. The number of carbonyl (C=O) groups excluding carboxylic acids is 2. The molecule has 0 aromatic rings. The van der Waals surface area contributed by atoms with E-state index in [1.54, 1.807) is 6.08 Å². The Morgan fingerprint density at radius 2 is 2.00 bits per heavy atom. The molecule has 2 fully saturated rings. The minimum atomic E-state index is -1.77. The van der Waals surface area contributed by atoms with Gasteiger partial charge in [0, 0.05) is 17.3 Å². The monoisotopic (exact) mass is 412 g/mol. The Hall–Kier alpha value is -1.26. The molecular formula is C25H36O3Si. The van der Waals surface area contributed by atoms with Crippen molar-refractivity contribution in [1.29, 1.82) is 0 Å². The summed E-state index contributed by atoms with van der Waals surface area (Å²) in [6.45, 7) is 13.4. The summed E-state index contributed by atoms with van der Waals surface area (Å²) in [7, 11) is -1.77. The topological polar surface area (TPSA) is 43.4 Å². The van der Waals surface area contributed by atoms with Gasteiger partial charge in [-0.15, -0.1) is 0 Å². The van der Waals surface area contributed by atoms with Crippen molar-refractivity contribution >= 4 is 19.9 Å². The molecule has 0 aromatic heterocycles. The fraction of sp³-hybridized carbons (Fsp3) is 0.680. The first-order chi connectivity index (χ1) is 13.5.